The molecule has 0 aliphatic carbocycles. The van der Waals surface area contributed by atoms with Gasteiger partial charge in [-0.15, -0.1) is 0 Å². The first-order valence-corrected chi connectivity index (χ1v) is 7.23. The van der Waals surface area contributed by atoms with Gasteiger partial charge in [-0.05, 0) is 44.0 Å². The lowest BCUT2D eigenvalue weighted by atomic mass is 10.00. The number of pyridine rings is 1. The molecule has 0 aromatic carbocycles. The Hall–Kier alpha value is -1.65. The molecule has 0 aliphatic heterocycles. The fourth-order valence-corrected chi connectivity index (χ4v) is 2.27. The van der Waals surface area contributed by atoms with E-state index < -0.39 is 0 Å². The molecule has 4 heteroatoms. The van der Waals surface area contributed by atoms with Gasteiger partial charge in [-0.3, -0.25) is 4.98 Å². The second-order valence-corrected chi connectivity index (χ2v) is 5.00. The molecule has 2 atom stereocenters. The molecule has 0 aliphatic rings. The predicted octanol–water partition coefficient (Wildman–Crippen LogP) is 3.20. The summed E-state index contributed by atoms with van der Waals surface area (Å²) >= 11 is 0. The van der Waals surface area contributed by atoms with Crippen LogP contribution in [0.1, 0.15) is 49.5 Å². The topological polar surface area (TPSA) is 64.1 Å². The van der Waals surface area contributed by atoms with Crippen molar-refractivity contribution < 1.29 is 4.42 Å². The van der Waals surface area contributed by atoms with E-state index in [0.29, 0.717) is 6.04 Å². The van der Waals surface area contributed by atoms with E-state index >= 15 is 0 Å². The smallest absolute Gasteiger partial charge is 0.0950 e. The van der Waals surface area contributed by atoms with Crippen LogP contribution in [-0.4, -0.2) is 11.5 Å². The number of hydrogen-bond donors (Lipinski definition) is 2. The Labute approximate surface area is 120 Å². The highest BCUT2D eigenvalue weighted by Crippen LogP contribution is 2.23. The van der Waals surface area contributed by atoms with Crippen LogP contribution in [0.25, 0.3) is 0 Å². The Balaban J connectivity index is 1.91. The summed E-state index contributed by atoms with van der Waals surface area (Å²) in [5.41, 5.74) is 8.35. The zero-order chi connectivity index (χ0) is 14.2. The van der Waals surface area contributed by atoms with Gasteiger partial charge in [0.1, 0.15) is 0 Å². The number of nitrogens with two attached hydrogens (primary N) is 1. The highest BCUT2D eigenvalue weighted by atomic mass is 16.3. The third kappa shape index (κ3) is 4.18. The van der Waals surface area contributed by atoms with Crippen molar-refractivity contribution >= 4 is 0 Å². The van der Waals surface area contributed by atoms with Crippen LogP contribution in [0, 0.1) is 0 Å². The van der Waals surface area contributed by atoms with Crippen LogP contribution >= 0.6 is 0 Å². The van der Waals surface area contributed by atoms with Crippen molar-refractivity contribution in [1.82, 2.24) is 10.3 Å². The molecular weight excluding hydrogens is 250 g/mol. The van der Waals surface area contributed by atoms with Crippen molar-refractivity contribution in [3.63, 3.8) is 0 Å². The molecule has 0 saturated carbocycles. The third-order valence-corrected chi connectivity index (χ3v) is 3.42. The zero-order valence-corrected chi connectivity index (χ0v) is 12.0. The maximum Gasteiger partial charge on any atom is 0.0950 e. The molecule has 2 aromatic heterocycles. The first kappa shape index (κ1) is 14.8. The number of nitrogens with zero attached hydrogens (tertiary/aromatic N) is 1. The summed E-state index contributed by atoms with van der Waals surface area (Å²) in [4.78, 5) is 4.32. The first-order valence-electron chi connectivity index (χ1n) is 7.23. The highest BCUT2D eigenvalue weighted by molar-refractivity contribution is 5.12. The molecule has 2 rings (SSSR count). The fourth-order valence-electron chi connectivity index (χ4n) is 2.27. The fraction of sp³-hybridized carbons (Fsp3) is 0.438. The van der Waals surface area contributed by atoms with Gasteiger partial charge in [0, 0.05) is 23.8 Å². The lowest BCUT2D eigenvalue weighted by molar-refractivity contribution is 0.451. The highest BCUT2D eigenvalue weighted by Gasteiger charge is 2.15. The Morgan fingerprint density at radius 1 is 1.30 bits per heavy atom. The van der Waals surface area contributed by atoms with Gasteiger partial charge in [-0.2, -0.15) is 0 Å². The summed E-state index contributed by atoms with van der Waals surface area (Å²) in [6, 6.07) is 8.16. The summed E-state index contributed by atoms with van der Waals surface area (Å²) in [7, 11) is 0. The summed E-state index contributed by atoms with van der Waals surface area (Å²) in [5, 5.41) is 3.54. The Morgan fingerprint density at radius 3 is 2.85 bits per heavy atom. The molecule has 0 spiro atoms. The van der Waals surface area contributed by atoms with Gasteiger partial charge in [0.2, 0.25) is 0 Å². The van der Waals surface area contributed by atoms with Crippen LogP contribution in [-0.2, 0) is 0 Å². The predicted molar refractivity (Wildman–Crippen MR) is 80.1 cm³/mol. The molecule has 2 unspecified atom stereocenters. The minimum atomic E-state index is -0.0194. The maximum absolute atomic E-state index is 6.21. The van der Waals surface area contributed by atoms with E-state index in [1.54, 1.807) is 18.7 Å². The monoisotopic (exact) mass is 273 g/mol. The standard InChI is InChI=1S/C16H23N3O/c1-2-9-18-15(13-8-11-20-12-13)7-6-14(17)16-5-3-4-10-19-16/h3-5,8,10-12,14-15,18H,2,6-7,9,17H2,1H3. The molecule has 4 nitrogen and oxygen atoms in total. The molecule has 108 valence electrons. The normalized spacial score (nSPS) is 14.1. The van der Waals surface area contributed by atoms with E-state index in [4.69, 9.17) is 10.2 Å². The van der Waals surface area contributed by atoms with Gasteiger partial charge in [-0.25, -0.2) is 0 Å². The second-order valence-electron chi connectivity index (χ2n) is 5.00. The molecule has 0 saturated heterocycles. The van der Waals surface area contributed by atoms with Crippen LogP contribution in [0.4, 0.5) is 0 Å². The summed E-state index contributed by atoms with van der Waals surface area (Å²) in [6.07, 6.45) is 8.29. The molecule has 0 amide bonds. The second kappa shape index (κ2) is 7.82. The van der Waals surface area contributed by atoms with Gasteiger partial charge in [0.05, 0.1) is 18.2 Å². The van der Waals surface area contributed by atoms with Crippen molar-refractivity contribution in [3.05, 3.63) is 54.2 Å². The Morgan fingerprint density at radius 2 is 2.20 bits per heavy atom. The molecule has 3 N–H and O–H groups in total. The minimum absolute atomic E-state index is 0.0194. The van der Waals surface area contributed by atoms with E-state index in [1.807, 2.05) is 24.3 Å². The third-order valence-electron chi connectivity index (χ3n) is 3.42. The van der Waals surface area contributed by atoms with Crippen LogP contribution in [0.3, 0.4) is 0 Å². The van der Waals surface area contributed by atoms with Crippen LogP contribution in [0.5, 0.6) is 0 Å². The van der Waals surface area contributed by atoms with Crippen LogP contribution < -0.4 is 11.1 Å². The first-order chi connectivity index (χ1) is 9.81. The summed E-state index contributed by atoms with van der Waals surface area (Å²) < 4.78 is 5.18. The lowest BCUT2D eigenvalue weighted by Gasteiger charge is -2.19. The van der Waals surface area contributed by atoms with Crippen molar-refractivity contribution in [2.45, 2.75) is 38.3 Å². The molecule has 0 radical (unpaired) electrons. The molecule has 2 heterocycles. The number of rotatable bonds is 8. The molecular formula is C16H23N3O. The van der Waals surface area contributed by atoms with Gasteiger partial charge < -0.3 is 15.5 Å². The summed E-state index contributed by atoms with van der Waals surface area (Å²) in [6.45, 7) is 3.16. The van der Waals surface area contributed by atoms with Crippen molar-refractivity contribution in [2.24, 2.45) is 5.73 Å². The molecule has 0 bridgehead atoms. The Bertz CT molecular complexity index is 470. The maximum atomic E-state index is 6.21. The lowest BCUT2D eigenvalue weighted by Crippen LogP contribution is -2.23. The Kier molecular flexibility index (Phi) is 5.77. The zero-order valence-electron chi connectivity index (χ0n) is 12.0. The van der Waals surface area contributed by atoms with Gasteiger partial charge in [0.25, 0.3) is 0 Å². The van der Waals surface area contributed by atoms with Crippen molar-refractivity contribution in [3.8, 4) is 0 Å². The molecule has 20 heavy (non-hydrogen) atoms. The number of furan rings is 1. The quantitative estimate of drug-likeness (QED) is 0.775. The van der Waals surface area contributed by atoms with E-state index in [2.05, 4.69) is 17.2 Å². The minimum Gasteiger partial charge on any atom is -0.472 e. The largest absolute Gasteiger partial charge is 0.472 e. The van der Waals surface area contributed by atoms with Crippen molar-refractivity contribution in [1.29, 1.82) is 0 Å². The van der Waals surface area contributed by atoms with Gasteiger partial charge in [-0.1, -0.05) is 13.0 Å². The van der Waals surface area contributed by atoms with E-state index in [-0.39, 0.29) is 6.04 Å². The molecule has 0 fully saturated rings. The van der Waals surface area contributed by atoms with Gasteiger partial charge in [0.15, 0.2) is 0 Å². The average molecular weight is 273 g/mol. The molecule has 2 aromatic rings. The summed E-state index contributed by atoms with van der Waals surface area (Å²) in [5.74, 6) is 0. The average Bonchev–Trinajstić information content (AvgIpc) is 3.02. The number of aromatic nitrogens is 1. The SMILES string of the molecule is CCCNC(CCC(N)c1ccccn1)c1ccoc1. The number of nitrogens with one attached hydrogen (secondary N) is 1. The number of hydrogen-bond acceptors (Lipinski definition) is 4. The van der Waals surface area contributed by atoms with Crippen molar-refractivity contribution in [2.75, 3.05) is 6.54 Å². The van der Waals surface area contributed by atoms with Crippen LogP contribution in [0.15, 0.2) is 47.4 Å². The van der Waals surface area contributed by atoms with Crippen LogP contribution in [0.2, 0.25) is 0 Å². The van der Waals surface area contributed by atoms with E-state index in [1.165, 1.54) is 5.56 Å². The van der Waals surface area contributed by atoms with Gasteiger partial charge >= 0.3 is 0 Å². The van der Waals surface area contributed by atoms with E-state index in [0.717, 1.165) is 31.5 Å². The van der Waals surface area contributed by atoms with E-state index in [9.17, 15) is 0 Å².